The minimum Gasteiger partial charge on any atom is -0.365 e. The van der Waals surface area contributed by atoms with Crippen LogP contribution in [0.2, 0.25) is 5.15 Å². The van der Waals surface area contributed by atoms with Crippen LogP contribution in [0.15, 0.2) is 71.0 Å². The van der Waals surface area contributed by atoms with Crippen LogP contribution in [0, 0.1) is 13.1 Å². The van der Waals surface area contributed by atoms with Crippen molar-refractivity contribution in [2.24, 2.45) is 5.73 Å². The number of hydrogen-bond donors (Lipinski definition) is 2. The van der Waals surface area contributed by atoms with Crippen molar-refractivity contribution in [1.29, 1.82) is 0 Å². The van der Waals surface area contributed by atoms with Crippen LogP contribution in [0.3, 0.4) is 0 Å². The lowest BCUT2D eigenvalue weighted by Crippen LogP contribution is -2.28. The van der Waals surface area contributed by atoms with E-state index < -0.39 is 11.6 Å². The van der Waals surface area contributed by atoms with Crippen LogP contribution in [0.4, 0.5) is 5.82 Å². The molecule has 18 nitrogen and oxygen atoms in total. The first-order valence-corrected chi connectivity index (χ1v) is 26.9. The lowest BCUT2D eigenvalue weighted by molar-refractivity contribution is -0.156. The average Bonchev–Trinajstić information content (AvgIpc) is 3.81. The van der Waals surface area contributed by atoms with E-state index in [-0.39, 0.29) is 97.9 Å². The van der Waals surface area contributed by atoms with Gasteiger partial charge >= 0.3 is 0 Å². The summed E-state index contributed by atoms with van der Waals surface area (Å²) in [5.74, 6) is 2.23. The predicted octanol–water partition coefficient (Wildman–Crippen LogP) is 11.2. The Morgan fingerprint density at radius 2 is 1.08 bits per heavy atom. The zero-order chi connectivity index (χ0) is 49.6. The molecule has 12 rings (SSSR count). The highest BCUT2D eigenvalue weighted by atomic mass is 35.5. The number of fused-ring (bicyclic) bond motifs is 4. The van der Waals surface area contributed by atoms with Gasteiger partial charge in [-0.15, -0.1) is 10.2 Å². The van der Waals surface area contributed by atoms with E-state index in [0.29, 0.717) is 74.6 Å². The van der Waals surface area contributed by atoms with E-state index in [1.807, 2.05) is 44.5 Å². The molecule has 1 unspecified atom stereocenters. The molecule has 6 fully saturated rings. The Morgan fingerprint density at radius 3 is 1.54 bits per heavy atom. The van der Waals surface area contributed by atoms with Crippen LogP contribution in [0.1, 0.15) is 137 Å². The molecule has 6 aromatic rings. The van der Waals surface area contributed by atoms with E-state index in [9.17, 15) is 0 Å². The number of ether oxygens (including phenoxy) is 4. The second kappa shape index (κ2) is 26.1. The third kappa shape index (κ3) is 13.2. The number of aromatic nitrogens is 10. The first kappa shape index (κ1) is 62.5. The van der Waals surface area contributed by atoms with Crippen LogP contribution >= 0.6 is 62.1 Å². The molecule has 6 aliphatic rings. The maximum Gasteiger partial charge on any atom is 0.254 e. The first-order valence-electron chi connectivity index (χ1n) is 24.5. The third-order valence-electron chi connectivity index (χ3n) is 13.6. The number of anilines is 1. The summed E-state index contributed by atoms with van der Waals surface area (Å²) in [4.78, 5) is 26.2. The molecule has 3 N–H and O–H groups in total. The van der Waals surface area contributed by atoms with Gasteiger partial charge in [-0.2, -0.15) is 27.0 Å². The maximum absolute atomic E-state index is 7.68. The molecule has 412 valence electrons. The van der Waals surface area contributed by atoms with E-state index >= 15 is 0 Å². The van der Waals surface area contributed by atoms with E-state index in [4.69, 9.17) is 59.4 Å². The minimum atomic E-state index is -0.727. The Hall–Kier alpha value is -4.33. The van der Waals surface area contributed by atoms with Gasteiger partial charge in [-0.1, -0.05) is 142 Å². The molecule has 0 spiro atoms. The Bertz CT molecular complexity index is 2940. The van der Waals surface area contributed by atoms with E-state index in [2.05, 4.69) is 108 Å². The molecule has 4 saturated carbocycles. The van der Waals surface area contributed by atoms with E-state index in [0.717, 1.165) is 36.6 Å². The Labute approximate surface area is 475 Å². The molecule has 6 heterocycles. The van der Waals surface area contributed by atoms with Gasteiger partial charge in [-0.3, -0.25) is 0 Å². The molecule has 4 aromatic heterocycles. The fraction of sp³-hybridized carbons (Fsp3) is 0.585. The lowest BCUT2D eigenvalue weighted by Gasteiger charge is -2.21. The maximum atomic E-state index is 7.68. The molecule has 2 aliphatic heterocycles. The fourth-order valence-electron chi connectivity index (χ4n) is 10.1. The van der Waals surface area contributed by atoms with Gasteiger partial charge < -0.3 is 39.7 Å². The summed E-state index contributed by atoms with van der Waals surface area (Å²) < 4.78 is 27.9. The zero-order valence-electron chi connectivity index (χ0n) is 41.6. The quantitative estimate of drug-likeness (QED) is 0.0507. The lowest BCUT2D eigenvalue weighted by atomic mass is 10.1. The monoisotopic (exact) mass is 1130 g/mol. The summed E-state index contributed by atoms with van der Waals surface area (Å²) in [6.45, 7) is 26.9. The highest BCUT2D eigenvalue weighted by Gasteiger charge is 2.60. The molecule has 76 heavy (non-hydrogen) atoms. The second-order valence-electron chi connectivity index (χ2n) is 19.8. The van der Waals surface area contributed by atoms with Gasteiger partial charge in [0.25, 0.3) is 12.1 Å². The number of rotatable bonds is 12. The Kier molecular flexibility index (Phi) is 21.5. The molecule has 2 aromatic carbocycles. The summed E-state index contributed by atoms with van der Waals surface area (Å²) >= 11 is 9.47. The predicted molar refractivity (Wildman–Crippen MR) is 313 cm³/mol. The van der Waals surface area contributed by atoms with Crippen molar-refractivity contribution in [2.45, 2.75) is 197 Å². The molecule has 0 bridgehead atoms. The van der Waals surface area contributed by atoms with Crippen molar-refractivity contribution < 1.29 is 18.9 Å². The van der Waals surface area contributed by atoms with Crippen LogP contribution in [-0.2, 0) is 18.9 Å². The third-order valence-corrected chi connectivity index (χ3v) is 16.0. The average molecular weight is 1140 g/mol. The van der Waals surface area contributed by atoms with Crippen molar-refractivity contribution in [3.8, 4) is 0 Å². The Morgan fingerprint density at radius 1 is 0.645 bits per heavy atom. The SMILES string of the molecule is C.C.C.NC1C[C@H]1c1ccccc1.S.S.[C-]#[N+][C@H]1C[C@@H](n2nnc3c(Cl)nc(SCCC)nc32)[C@@H]2OC(C)(C)O[C@@H]21.[C-]#[N+][C@H]1C[C@@H](n2nnc3c(N[C@@H]4C[C@H]4c4ccccc4)nc(SCCC)nc32)[C@@H]2OC(C)(C)O[C@@H]21. The van der Waals surface area contributed by atoms with Crippen molar-refractivity contribution in [1.82, 2.24) is 49.9 Å². The van der Waals surface area contributed by atoms with Gasteiger partial charge in [-0.05, 0) is 64.5 Å². The summed E-state index contributed by atoms with van der Waals surface area (Å²) in [7, 11) is 0. The van der Waals surface area contributed by atoms with Gasteiger partial charge in [0.15, 0.2) is 67.4 Å². The van der Waals surface area contributed by atoms with Gasteiger partial charge in [0, 0.05) is 35.4 Å². The highest BCUT2D eigenvalue weighted by Crippen LogP contribution is 2.48. The smallest absolute Gasteiger partial charge is 0.254 e. The number of benzene rings is 2. The second-order valence-corrected chi connectivity index (χ2v) is 22.3. The standard InChI is InChI=1S/C25H29N7O2S.C16H19ClN6O2S.C9H11N.3CH4.2H2S/c1-5-11-35-24-28-22(27-16-12-15(16)14-9-7-6-8-10-14)19-23(29-24)32(31-30-19)18-13-17(26-4)20-21(18)34-25(2,3)33-20;1-5-6-26-15-19-13(17)10-14(20-15)23(22-21-10)9-7-8(18-4)11-12(9)25-16(2,3)24-11;10-9-6-8(9)7-4-2-1-3-5-7;;;;;/h6-10,15-18,20-21H,5,11-13H2,1-3H3,(H,27,28,29);8-9,11-12H,5-7H2,1-3H3;1-5,8-9H,6,10H2;3*1H4;2*1H2/t15-,16+,17-,18+,20+,21-;8-,9+,11+,12-;8-,9?;;;;;/m000...../s1. The van der Waals surface area contributed by atoms with Crippen LogP contribution in [0.25, 0.3) is 32.0 Å². The van der Waals surface area contributed by atoms with Gasteiger partial charge in [0.1, 0.15) is 12.2 Å². The van der Waals surface area contributed by atoms with Crippen LogP contribution in [-0.4, -0.2) is 122 Å². The van der Waals surface area contributed by atoms with Crippen LogP contribution < -0.4 is 11.1 Å². The topological polar surface area (TPSA) is 197 Å². The van der Waals surface area contributed by atoms with Crippen molar-refractivity contribution in [3.05, 3.63) is 99.8 Å². The molecular formula is C53H75ClN14O4S4. The molecule has 4 aliphatic carbocycles. The molecular weight excluding hydrogens is 1060 g/mol. The largest absolute Gasteiger partial charge is 0.365 e. The molecule has 12 atom stereocenters. The summed E-state index contributed by atoms with van der Waals surface area (Å²) in [6, 6.07) is 20.9. The molecule has 0 radical (unpaired) electrons. The number of hydrogen-bond acceptors (Lipinski definition) is 16. The highest BCUT2D eigenvalue weighted by molar-refractivity contribution is 7.99. The van der Waals surface area contributed by atoms with E-state index in [1.54, 1.807) is 28.2 Å². The number of nitrogens with one attached hydrogen (secondary N) is 1. The molecule has 2 saturated heterocycles. The first-order chi connectivity index (χ1) is 34.3. The van der Waals surface area contributed by atoms with Crippen molar-refractivity contribution in [2.75, 3.05) is 16.8 Å². The Balaban J connectivity index is 0.000000230. The minimum absolute atomic E-state index is 0. The number of thioether (sulfide) groups is 2. The fourth-order valence-corrected chi connectivity index (χ4v) is 11.8. The molecule has 0 amide bonds. The number of nitrogens with two attached hydrogens (primary N) is 1. The van der Waals surface area contributed by atoms with Crippen molar-refractivity contribution in [3.63, 3.8) is 0 Å². The van der Waals surface area contributed by atoms with Crippen LogP contribution in [0.5, 0.6) is 0 Å². The van der Waals surface area contributed by atoms with E-state index in [1.165, 1.54) is 17.5 Å². The molecule has 23 heteroatoms. The number of nitrogens with zero attached hydrogens (tertiary/aromatic N) is 12. The van der Waals surface area contributed by atoms with Gasteiger partial charge in [-0.25, -0.2) is 42.4 Å². The van der Waals surface area contributed by atoms with Crippen molar-refractivity contribution >= 4 is 90.3 Å². The zero-order valence-corrected chi connectivity index (χ0v) is 46.0. The summed E-state index contributed by atoms with van der Waals surface area (Å²) in [6.07, 6.45) is 4.35. The van der Waals surface area contributed by atoms with Gasteiger partial charge in [0.05, 0.1) is 24.9 Å². The number of halogens is 1. The normalized spacial score (nSPS) is 28.3. The summed E-state index contributed by atoms with van der Waals surface area (Å²) in [5, 5.41) is 22.7. The summed E-state index contributed by atoms with van der Waals surface area (Å²) in [5.41, 5.74) is 10.8. The van der Waals surface area contributed by atoms with Gasteiger partial charge in [0.2, 0.25) is 0 Å².